The molecule has 0 amide bonds. The Balaban J connectivity index is 2.49. The minimum atomic E-state index is -4.20. The fourth-order valence-electron chi connectivity index (χ4n) is 1.29. The molecule has 1 rings (SSSR count). The molecule has 3 N–H and O–H groups in total. The van der Waals surface area contributed by atoms with E-state index in [0.29, 0.717) is 0 Å². The molecule has 100 valence electrons. The van der Waals surface area contributed by atoms with Crippen molar-refractivity contribution in [2.24, 2.45) is 0 Å². The molecular weight excluding hydrogens is 251 g/mol. The number of hydrogen-bond donors (Lipinski definition) is 2. The second-order valence-electron chi connectivity index (χ2n) is 3.62. The predicted molar refractivity (Wildman–Crippen MR) is 58.6 cm³/mol. The first-order chi connectivity index (χ1) is 8.29. The van der Waals surface area contributed by atoms with E-state index in [-0.39, 0.29) is 30.0 Å². The number of nitrogens with two attached hydrogens (primary N) is 1. The maximum absolute atomic E-state index is 11.8. The Morgan fingerprint density at radius 2 is 2.06 bits per heavy atom. The number of hydrogen-bond acceptors (Lipinski definition) is 3. The maximum Gasteiger partial charge on any atom is 0.389 e. The zero-order valence-corrected chi connectivity index (χ0v) is 9.33. The summed E-state index contributed by atoms with van der Waals surface area (Å²) in [5, 5.41) is 8.71. The lowest BCUT2D eigenvalue weighted by atomic mass is 10.2. The number of aromatic carboxylic acids is 1. The third-order valence-corrected chi connectivity index (χ3v) is 2.13. The average Bonchev–Trinajstić information content (AvgIpc) is 2.22. The van der Waals surface area contributed by atoms with Gasteiger partial charge in [0, 0.05) is 18.2 Å². The molecule has 0 saturated heterocycles. The molecule has 0 saturated carbocycles. The molecular formula is C11H12F3NO3. The summed E-state index contributed by atoms with van der Waals surface area (Å²) in [7, 11) is 0. The number of halogens is 3. The quantitative estimate of drug-likeness (QED) is 0.632. The molecule has 1 aromatic carbocycles. The molecule has 0 bridgehead atoms. The van der Waals surface area contributed by atoms with E-state index >= 15 is 0 Å². The van der Waals surface area contributed by atoms with Crippen molar-refractivity contribution in [1.82, 2.24) is 0 Å². The van der Waals surface area contributed by atoms with E-state index in [0.717, 1.165) is 0 Å². The number of anilines is 1. The fourth-order valence-corrected chi connectivity index (χ4v) is 1.29. The van der Waals surface area contributed by atoms with E-state index < -0.39 is 18.6 Å². The number of carboxylic acid groups (broad SMARTS) is 1. The van der Waals surface area contributed by atoms with Gasteiger partial charge in [0.05, 0.1) is 12.2 Å². The van der Waals surface area contributed by atoms with E-state index in [1.54, 1.807) is 0 Å². The van der Waals surface area contributed by atoms with Crippen LogP contribution in [-0.2, 0) is 0 Å². The lowest BCUT2D eigenvalue weighted by molar-refractivity contribution is -0.136. The summed E-state index contributed by atoms with van der Waals surface area (Å²) in [4.78, 5) is 10.7. The van der Waals surface area contributed by atoms with Crippen LogP contribution < -0.4 is 10.5 Å². The molecule has 7 heteroatoms. The van der Waals surface area contributed by atoms with Crippen molar-refractivity contribution < 1.29 is 27.8 Å². The standard InChI is InChI=1S/C11H12F3NO3/c12-11(13,14)4-1-5-18-7-2-3-8(10(16)17)9(15)6-7/h2-3,6H,1,4-5,15H2,(H,16,17). The van der Waals surface area contributed by atoms with Crippen molar-refractivity contribution in [1.29, 1.82) is 0 Å². The molecule has 0 heterocycles. The summed E-state index contributed by atoms with van der Waals surface area (Å²) in [5.74, 6) is -0.921. The molecule has 0 aromatic heterocycles. The summed E-state index contributed by atoms with van der Waals surface area (Å²) in [6.07, 6.45) is -5.28. The van der Waals surface area contributed by atoms with Crippen LogP contribution in [-0.4, -0.2) is 23.9 Å². The van der Waals surface area contributed by atoms with Gasteiger partial charge in [0.15, 0.2) is 0 Å². The van der Waals surface area contributed by atoms with Crippen LogP contribution in [0, 0.1) is 0 Å². The minimum Gasteiger partial charge on any atom is -0.494 e. The van der Waals surface area contributed by atoms with Gasteiger partial charge in [-0.15, -0.1) is 0 Å². The lowest BCUT2D eigenvalue weighted by Gasteiger charge is -2.09. The fraction of sp³-hybridized carbons (Fsp3) is 0.364. The highest BCUT2D eigenvalue weighted by molar-refractivity contribution is 5.93. The molecule has 0 aliphatic rings. The third kappa shape index (κ3) is 4.52. The first-order valence-electron chi connectivity index (χ1n) is 5.12. The molecule has 0 spiro atoms. The summed E-state index contributed by atoms with van der Waals surface area (Å²) in [6.45, 7) is -0.106. The summed E-state index contributed by atoms with van der Waals surface area (Å²) in [5.41, 5.74) is 5.39. The van der Waals surface area contributed by atoms with Crippen molar-refractivity contribution in [2.75, 3.05) is 12.3 Å². The van der Waals surface area contributed by atoms with Gasteiger partial charge in [-0.2, -0.15) is 13.2 Å². The van der Waals surface area contributed by atoms with Gasteiger partial charge in [-0.25, -0.2) is 4.79 Å². The zero-order chi connectivity index (χ0) is 13.8. The van der Waals surface area contributed by atoms with Gasteiger partial charge in [-0.05, 0) is 18.6 Å². The van der Waals surface area contributed by atoms with Crippen LogP contribution in [0.4, 0.5) is 18.9 Å². The van der Waals surface area contributed by atoms with Crippen LogP contribution in [0.1, 0.15) is 23.2 Å². The van der Waals surface area contributed by atoms with Crippen LogP contribution in [0.15, 0.2) is 18.2 Å². The van der Waals surface area contributed by atoms with Crippen LogP contribution in [0.25, 0.3) is 0 Å². The second kappa shape index (κ2) is 5.61. The minimum absolute atomic E-state index is 0.0100. The molecule has 0 aliphatic heterocycles. The second-order valence-corrected chi connectivity index (χ2v) is 3.62. The van der Waals surface area contributed by atoms with Crippen molar-refractivity contribution in [2.45, 2.75) is 19.0 Å². The first-order valence-corrected chi connectivity index (χ1v) is 5.12. The van der Waals surface area contributed by atoms with E-state index in [9.17, 15) is 18.0 Å². The Morgan fingerprint density at radius 3 is 2.56 bits per heavy atom. The Morgan fingerprint density at radius 1 is 1.39 bits per heavy atom. The summed E-state index contributed by atoms with van der Waals surface area (Å²) >= 11 is 0. The largest absolute Gasteiger partial charge is 0.494 e. The van der Waals surface area contributed by atoms with Crippen molar-refractivity contribution in [3.8, 4) is 5.75 Å². The number of ether oxygens (including phenoxy) is 1. The number of rotatable bonds is 5. The van der Waals surface area contributed by atoms with Gasteiger partial charge in [-0.3, -0.25) is 0 Å². The highest BCUT2D eigenvalue weighted by Crippen LogP contribution is 2.23. The molecule has 1 aromatic rings. The number of carboxylic acids is 1. The van der Waals surface area contributed by atoms with Crippen LogP contribution in [0.3, 0.4) is 0 Å². The van der Waals surface area contributed by atoms with Crippen molar-refractivity contribution in [3.63, 3.8) is 0 Å². The molecule has 4 nitrogen and oxygen atoms in total. The third-order valence-electron chi connectivity index (χ3n) is 2.13. The van der Waals surface area contributed by atoms with Gasteiger partial charge in [0.25, 0.3) is 0 Å². The average molecular weight is 263 g/mol. The SMILES string of the molecule is Nc1cc(OCCCC(F)(F)F)ccc1C(=O)O. The van der Waals surface area contributed by atoms with Crippen LogP contribution in [0.5, 0.6) is 5.75 Å². The van der Waals surface area contributed by atoms with Crippen LogP contribution in [0.2, 0.25) is 0 Å². The van der Waals surface area contributed by atoms with Crippen molar-refractivity contribution in [3.05, 3.63) is 23.8 Å². The van der Waals surface area contributed by atoms with E-state index in [4.69, 9.17) is 15.6 Å². The van der Waals surface area contributed by atoms with Crippen LogP contribution >= 0.6 is 0 Å². The Kier molecular flexibility index (Phi) is 4.41. The maximum atomic E-state index is 11.8. The molecule has 0 radical (unpaired) electrons. The first kappa shape index (κ1) is 14.1. The molecule has 0 atom stereocenters. The van der Waals surface area contributed by atoms with Gasteiger partial charge >= 0.3 is 12.1 Å². The number of nitrogen functional groups attached to an aromatic ring is 1. The smallest absolute Gasteiger partial charge is 0.389 e. The van der Waals surface area contributed by atoms with E-state index in [1.165, 1.54) is 18.2 Å². The summed E-state index contributed by atoms with van der Waals surface area (Å²) in [6, 6.07) is 3.88. The number of carbonyl (C=O) groups is 1. The molecule has 18 heavy (non-hydrogen) atoms. The summed E-state index contributed by atoms with van der Waals surface area (Å²) < 4.78 is 40.6. The monoisotopic (exact) mass is 263 g/mol. The Labute approximate surface area is 101 Å². The van der Waals surface area contributed by atoms with E-state index in [1.807, 2.05) is 0 Å². The van der Waals surface area contributed by atoms with Gasteiger partial charge in [-0.1, -0.05) is 0 Å². The topological polar surface area (TPSA) is 72.5 Å². The Bertz CT molecular complexity index is 432. The normalized spacial score (nSPS) is 11.3. The van der Waals surface area contributed by atoms with Gasteiger partial charge in [0.2, 0.25) is 0 Å². The highest BCUT2D eigenvalue weighted by atomic mass is 19.4. The molecule has 0 unspecified atom stereocenters. The zero-order valence-electron chi connectivity index (χ0n) is 9.33. The number of alkyl halides is 3. The molecule has 0 fully saturated rings. The highest BCUT2D eigenvalue weighted by Gasteiger charge is 2.26. The Hall–Kier alpha value is -1.92. The van der Waals surface area contributed by atoms with E-state index in [2.05, 4.69) is 0 Å². The van der Waals surface area contributed by atoms with Crippen molar-refractivity contribution >= 4 is 11.7 Å². The predicted octanol–water partition coefficient (Wildman–Crippen LogP) is 2.69. The molecule has 0 aliphatic carbocycles. The van der Waals surface area contributed by atoms with Gasteiger partial charge in [0.1, 0.15) is 5.75 Å². The lowest BCUT2D eigenvalue weighted by Crippen LogP contribution is -2.10. The number of benzene rings is 1. The van der Waals surface area contributed by atoms with Gasteiger partial charge < -0.3 is 15.6 Å².